The molecule has 0 radical (unpaired) electrons. The summed E-state index contributed by atoms with van der Waals surface area (Å²) in [7, 11) is 0. The van der Waals surface area contributed by atoms with Gasteiger partial charge in [0.2, 0.25) is 5.82 Å². The molecule has 0 unspecified atom stereocenters. The molecule has 2 heterocycles. The Morgan fingerprint density at radius 2 is 2.00 bits per heavy atom. The van der Waals surface area contributed by atoms with Crippen LogP contribution in [0.3, 0.4) is 0 Å². The first-order chi connectivity index (χ1) is 10.1. The molecule has 0 atom stereocenters. The molecule has 2 aromatic heterocycles. The highest BCUT2D eigenvalue weighted by molar-refractivity contribution is 5.93. The van der Waals surface area contributed by atoms with Gasteiger partial charge in [-0.25, -0.2) is 4.98 Å². The number of rotatable bonds is 3. The van der Waals surface area contributed by atoms with Crippen molar-refractivity contribution >= 4 is 33.9 Å². The van der Waals surface area contributed by atoms with Crippen molar-refractivity contribution in [3.63, 3.8) is 0 Å². The van der Waals surface area contributed by atoms with Gasteiger partial charge < -0.3 is 11.1 Å². The van der Waals surface area contributed by atoms with Gasteiger partial charge in [-0.15, -0.1) is 0 Å². The Balaban J connectivity index is 2.11. The van der Waals surface area contributed by atoms with Crippen molar-refractivity contribution in [1.82, 2.24) is 9.97 Å². The fraction of sp³-hybridized carbons (Fsp3) is 0. The summed E-state index contributed by atoms with van der Waals surface area (Å²) in [6.45, 7) is 0. The largest absolute Gasteiger partial charge is 0.384 e. The summed E-state index contributed by atoms with van der Waals surface area (Å²) in [5, 5.41) is 14.9. The minimum absolute atomic E-state index is 0.108. The average Bonchev–Trinajstić information content (AvgIpc) is 2.47. The van der Waals surface area contributed by atoms with E-state index in [1.807, 2.05) is 18.2 Å². The Morgan fingerprint density at radius 1 is 1.14 bits per heavy atom. The Morgan fingerprint density at radius 3 is 2.81 bits per heavy atom. The van der Waals surface area contributed by atoms with Crippen LogP contribution < -0.4 is 11.1 Å². The van der Waals surface area contributed by atoms with Gasteiger partial charge in [0.25, 0.3) is 0 Å². The number of nitrogens with one attached hydrogen (secondary N) is 1. The third-order valence-corrected chi connectivity index (χ3v) is 2.99. The molecule has 0 amide bonds. The highest BCUT2D eigenvalue weighted by Crippen LogP contribution is 2.29. The number of nitrogens with zero attached hydrogens (tertiary/aromatic N) is 3. The minimum Gasteiger partial charge on any atom is -0.384 e. The molecule has 0 saturated carbocycles. The zero-order valence-corrected chi connectivity index (χ0v) is 10.9. The molecule has 3 aromatic rings. The van der Waals surface area contributed by atoms with E-state index in [0.717, 1.165) is 10.9 Å². The van der Waals surface area contributed by atoms with Crippen LogP contribution in [0, 0.1) is 10.1 Å². The standard InChI is InChI=1S/C14H11N5O2/c15-13-7-6-12(19(20)21)14(18-13)17-11-5-1-4-10-9(11)3-2-8-16-10/h1-8H,(H3,15,17,18). The fourth-order valence-electron chi connectivity index (χ4n) is 2.05. The van der Waals surface area contributed by atoms with Gasteiger partial charge in [-0.3, -0.25) is 15.1 Å². The second kappa shape index (κ2) is 5.04. The number of hydrogen-bond acceptors (Lipinski definition) is 6. The third kappa shape index (κ3) is 2.44. The van der Waals surface area contributed by atoms with Crippen molar-refractivity contribution in [2.24, 2.45) is 0 Å². The Hall–Kier alpha value is -3.22. The molecule has 0 aliphatic rings. The predicted octanol–water partition coefficient (Wildman–Crippen LogP) is 2.86. The van der Waals surface area contributed by atoms with Gasteiger partial charge in [0.05, 0.1) is 10.4 Å². The van der Waals surface area contributed by atoms with Gasteiger partial charge in [0.1, 0.15) is 5.82 Å². The van der Waals surface area contributed by atoms with Crippen molar-refractivity contribution in [2.45, 2.75) is 0 Å². The first kappa shape index (κ1) is 12.8. The highest BCUT2D eigenvalue weighted by atomic mass is 16.6. The van der Waals surface area contributed by atoms with Crippen molar-refractivity contribution in [2.75, 3.05) is 11.1 Å². The van der Waals surface area contributed by atoms with Crippen LogP contribution in [0.4, 0.5) is 23.0 Å². The molecule has 0 aliphatic heterocycles. The van der Waals surface area contributed by atoms with Gasteiger partial charge in [0, 0.05) is 23.3 Å². The van der Waals surface area contributed by atoms with Crippen LogP contribution in [0.25, 0.3) is 10.9 Å². The van der Waals surface area contributed by atoms with Crippen LogP contribution in [0.5, 0.6) is 0 Å². The summed E-state index contributed by atoms with van der Waals surface area (Å²) in [6.07, 6.45) is 1.69. The number of pyridine rings is 2. The Labute approximate surface area is 119 Å². The monoisotopic (exact) mass is 281 g/mol. The molecular formula is C14H11N5O2. The second-order valence-electron chi connectivity index (χ2n) is 4.36. The maximum absolute atomic E-state index is 11.1. The SMILES string of the molecule is Nc1ccc([N+](=O)[O-])c(Nc2cccc3ncccc23)n1. The molecule has 3 N–H and O–H groups in total. The lowest BCUT2D eigenvalue weighted by atomic mass is 10.2. The van der Waals surface area contributed by atoms with Crippen LogP contribution in [-0.2, 0) is 0 Å². The van der Waals surface area contributed by atoms with Crippen LogP contribution in [0.2, 0.25) is 0 Å². The highest BCUT2D eigenvalue weighted by Gasteiger charge is 2.16. The molecule has 1 aromatic carbocycles. The average molecular weight is 281 g/mol. The quantitative estimate of drug-likeness (QED) is 0.564. The van der Waals surface area contributed by atoms with E-state index in [1.54, 1.807) is 18.3 Å². The minimum atomic E-state index is -0.502. The lowest BCUT2D eigenvalue weighted by Gasteiger charge is -2.09. The number of nitrogen functional groups attached to an aromatic ring is 1. The molecule has 0 aliphatic carbocycles. The number of aromatic nitrogens is 2. The zero-order valence-electron chi connectivity index (χ0n) is 10.9. The molecule has 0 saturated heterocycles. The van der Waals surface area contributed by atoms with E-state index < -0.39 is 4.92 Å². The first-order valence-electron chi connectivity index (χ1n) is 6.17. The smallest absolute Gasteiger partial charge is 0.311 e. The maximum atomic E-state index is 11.1. The van der Waals surface area contributed by atoms with Gasteiger partial charge in [0.15, 0.2) is 0 Å². The van der Waals surface area contributed by atoms with Crippen LogP contribution in [0.1, 0.15) is 0 Å². The van der Waals surface area contributed by atoms with Crippen molar-refractivity contribution in [1.29, 1.82) is 0 Å². The van der Waals surface area contributed by atoms with E-state index >= 15 is 0 Å². The maximum Gasteiger partial charge on any atom is 0.311 e. The van der Waals surface area contributed by atoms with Crippen molar-refractivity contribution in [3.05, 3.63) is 58.8 Å². The van der Waals surface area contributed by atoms with Gasteiger partial charge in [-0.05, 0) is 30.3 Å². The Kier molecular flexibility index (Phi) is 3.07. The molecule has 7 nitrogen and oxygen atoms in total. The van der Waals surface area contributed by atoms with Gasteiger partial charge in [-0.1, -0.05) is 6.07 Å². The summed E-state index contributed by atoms with van der Waals surface area (Å²) in [6, 6.07) is 11.9. The zero-order chi connectivity index (χ0) is 14.8. The molecular weight excluding hydrogens is 270 g/mol. The van der Waals surface area contributed by atoms with E-state index in [9.17, 15) is 10.1 Å². The molecule has 7 heteroatoms. The molecule has 21 heavy (non-hydrogen) atoms. The Bertz CT molecular complexity index is 829. The number of hydrogen-bond donors (Lipinski definition) is 2. The summed E-state index contributed by atoms with van der Waals surface area (Å²) < 4.78 is 0. The van der Waals surface area contributed by atoms with E-state index in [-0.39, 0.29) is 17.3 Å². The molecule has 0 spiro atoms. The third-order valence-electron chi connectivity index (χ3n) is 2.99. The van der Waals surface area contributed by atoms with E-state index in [4.69, 9.17) is 5.73 Å². The first-order valence-corrected chi connectivity index (χ1v) is 6.17. The molecule has 0 bridgehead atoms. The fourth-order valence-corrected chi connectivity index (χ4v) is 2.05. The number of nitrogens with two attached hydrogens (primary N) is 1. The second-order valence-corrected chi connectivity index (χ2v) is 4.36. The predicted molar refractivity (Wildman–Crippen MR) is 80.3 cm³/mol. The topological polar surface area (TPSA) is 107 Å². The van der Waals surface area contributed by atoms with E-state index in [1.165, 1.54) is 12.1 Å². The lowest BCUT2D eigenvalue weighted by molar-refractivity contribution is -0.384. The summed E-state index contributed by atoms with van der Waals surface area (Å²) in [4.78, 5) is 18.8. The number of nitro groups is 1. The normalized spacial score (nSPS) is 10.5. The van der Waals surface area contributed by atoms with E-state index in [2.05, 4.69) is 15.3 Å². The van der Waals surface area contributed by atoms with E-state index in [0.29, 0.717) is 5.69 Å². The van der Waals surface area contributed by atoms with Gasteiger partial charge >= 0.3 is 5.69 Å². The van der Waals surface area contributed by atoms with Crippen molar-refractivity contribution in [3.8, 4) is 0 Å². The van der Waals surface area contributed by atoms with Crippen LogP contribution >= 0.6 is 0 Å². The van der Waals surface area contributed by atoms with Gasteiger partial charge in [-0.2, -0.15) is 0 Å². The summed E-state index contributed by atoms with van der Waals surface area (Å²) >= 11 is 0. The molecule has 0 fully saturated rings. The van der Waals surface area contributed by atoms with Crippen LogP contribution in [0.15, 0.2) is 48.7 Å². The number of anilines is 3. The molecule has 3 rings (SSSR count). The lowest BCUT2D eigenvalue weighted by Crippen LogP contribution is -2.02. The number of fused-ring (bicyclic) bond motifs is 1. The summed E-state index contributed by atoms with van der Waals surface area (Å²) in [5.74, 6) is 0.317. The van der Waals surface area contributed by atoms with Crippen molar-refractivity contribution < 1.29 is 4.92 Å². The summed E-state index contributed by atoms with van der Waals surface area (Å²) in [5.41, 5.74) is 6.94. The van der Waals surface area contributed by atoms with Crippen LogP contribution in [-0.4, -0.2) is 14.9 Å². The molecule has 104 valence electrons. The number of benzene rings is 1.